The van der Waals surface area contributed by atoms with Crippen LogP contribution in [-0.4, -0.2) is 46.5 Å². The summed E-state index contributed by atoms with van der Waals surface area (Å²) in [5.41, 5.74) is 0. The normalized spacial score (nSPS) is 15.6. The summed E-state index contributed by atoms with van der Waals surface area (Å²) in [6.45, 7) is 3.04. The van der Waals surface area contributed by atoms with E-state index in [9.17, 15) is 26.3 Å². The quantitative estimate of drug-likeness (QED) is 0.509. The molecule has 0 saturated carbocycles. The molecule has 0 heterocycles. The van der Waals surface area contributed by atoms with Gasteiger partial charge in [0, 0.05) is 19.8 Å². The van der Waals surface area contributed by atoms with Crippen molar-refractivity contribution in [2.75, 3.05) is 19.8 Å². The van der Waals surface area contributed by atoms with Crippen LogP contribution in [0.5, 0.6) is 0 Å². The Kier molecular flexibility index (Phi) is 6.79. The molecule has 116 valence electrons. The van der Waals surface area contributed by atoms with Gasteiger partial charge in [0.1, 0.15) is 0 Å². The maximum absolute atomic E-state index is 13.8. The first-order chi connectivity index (χ1) is 8.59. The van der Waals surface area contributed by atoms with Gasteiger partial charge >= 0.3 is 20.9 Å². The van der Waals surface area contributed by atoms with Crippen LogP contribution >= 0.6 is 0 Å². The van der Waals surface area contributed by atoms with Gasteiger partial charge in [0.2, 0.25) is 5.79 Å². The van der Waals surface area contributed by atoms with Gasteiger partial charge in [0.15, 0.2) is 0 Å². The molecule has 0 aromatic carbocycles. The van der Waals surface area contributed by atoms with Gasteiger partial charge in [0.05, 0.1) is 0 Å². The van der Waals surface area contributed by atoms with E-state index in [1.165, 1.54) is 20.8 Å². The Bertz CT molecular complexity index is 256. The third-order valence-electron chi connectivity index (χ3n) is 2.04. The summed E-state index contributed by atoms with van der Waals surface area (Å²) in [6, 6.07) is 0. The summed E-state index contributed by atoms with van der Waals surface area (Å²) in [5.74, 6) is -9.31. The molecule has 0 aliphatic heterocycles. The highest BCUT2D eigenvalue weighted by atomic mass is 28.4. The van der Waals surface area contributed by atoms with Gasteiger partial charge in [-0.25, -0.2) is 4.39 Å². The van der Waals surface area contributed by atoms with E-state index in [2.05, 4.69) is 0 Å². The van der Waals surface area contributed by atoms with Crippen LogP contribution < -0.4 is 0 Å². The molecule has 0 aliphatic rings. The number of halogens is 6. The third kappa shape index (κ3) is 4.07. The van der Waals surface area contributed by atoms with Crippen LogP contribution in [0.1, 0.15) is 20.8 Å². The summed E-state index contributed by atoms with van der Waals surface area (Å²) >= 11 is 0. The Morgan fingerprint density at radius 1 is 0.842 bits per heavy atom. The standard InChI is InChI=1S/C9H16F6O3Si/c1-4-16-19(17-5-2,18-6-3)7(10)8(11,12)9(13,14)15/h7H,4-6H2,1-3H3. The smallest absolute Gasteiger partial charge is 0.372 e. The fraction of sp³-hybridized carbons (Fsp3) is 1.00. The van der Waals surface area contributed by atoms with Crippen molar-refractivity contribution in [1.82, 2.24) is 0 Å². The summed E-state index contributed by atoms with van der Waals surface area (Å²) in [6.07, 6.45) is -6.05. The van der Waals surface area contributed by atoms with Crippen LogP contribution in [0.4, 0.5) is 26.3 Å². The summed E-state index contributed by atoms with van der Waals surface area (Å²) < 4.78 is 90.6. The summed E-state index contributed by atoms with van der Waals surface area (Å²) in [4.78, 5) is 0. The lowest BCUT2D eigenvalue weighted by Gasteiger charge is -2.34. The molecule has 0 aliphatic carbocycles. The Morgan fingerprint density at radius 2 is 1.16 bits per heavy atom. The highest BCUT2D eigenvalue weighted by Crippen LogP contribution is 2.43. The minimum atomic E-state index is -6.05. The summed E-state index contributed by atoms with van der Waals surface area (Å²) in [7, 11) is -4.78. The van der Waals surface area contributed by atoms with E-state index in [0.29, 0.717) is 0 Å². The third-order valence-corrected chi connectivity index (χ3v) is 5.10. The first kappa shape index (κ1) is 18.7. The predicted molar refractivity (Wildman–Crippen MR) is 56.5 cm³/mol. The first-order valence-electron chi connectivity index (χ1n) is 5.59. The van der Waals surface area contributed by atoms with Crippen LogP contribution in [0, 0.1) is 0 Å². The van der Waals surface area contributed by atoms with E-state index in [-0.39, 0.29) is 19.8 Å². The Hall–Kier alpha value is -0.323. The van der Waals surface area contributed by atoms with Gasteiger partial charge in [-0.15, -0.1) is 0 Å². The highest BCUT2D eigenvalue weighted by Gasteiger charge is 2.73. The average molecular weight is 314 g/mol. The minimum absolute atomic E-state index is 0.305. The lowest BCUT2D eigenvalue weighted by atomic mass is 10.3. The SMILES string of the molecule is CCO[Si](OCC)(OCC)C(F)C(F)(F)C(F)(F)F. The zero-order chi connectivity index (χ0) is 15.3. The molecule has 10 heteroatoms. The predicted octanol–water partition coefficient (Wildman–Crippen LogP) is 3.11. The molecule has 1 unspecified atom stereocenters. The van der Waals surface area contributed by atoms with Crippen molar-refractivity contribution in [3.05, 3.63) is 0 Å². The Labute approximate surface area is 108 Å². The largest absolute Gasteiger partial charge is 0.543 e. The molecular weight excluding hydrogens is 298 g/mol. The van der Waals surface area contributed by atoms with Crippen LogP contribution in [0.25, 0.3) is 0 Å². The molecule has 0 aromatic heterocycles. The lowest BCUT2D eigenvalue weighted by Crippen LogP contribution is -2.64. The Morgan fingerprint density at radius 3 is 1.37 bits per heavy atom. The molecule has 0 amide bonds. The maximum atomic E-state index is 13.8. The van der Waals surface area contributed by atoms with Gasteiger partial charge in [-0.3, -0.25) is 0 Å². The van der Waals surface area contributed by atoms with Crippen LogP contribution in [0.2, 0.25) is 0 Å². The van der Waals surface area contributed by atoms with Crippen LogP contribution in [0.15, 0.2) is 0 Å². The van der Waals surface area contributed by atoms with Crippen LogP contribution in [0.3, 0.4) is 0 Å². The van der Waals surface area contributed by atoms with Crippen molar-refractivity contribution in [2.24, 2.45) is 0 Å². The fourth-order valence-electron chi connectivity index (χ4n) is 1.31. The second kappa shape index (κ2) is 6.91. The van der Waals surface area contributed by atoms with E-state index in [0.717, 1.165) is 0 Å². The van der Waals surface area contributed by atoms with Crippen molar-refractivity contribution in [3.8, 4) is 0 Å². The van der Waals surface area contributed by atoms with Crippen molar-refractivity contribution in [3.63, 3.8) is 0 Å². The van der Waals surface area contributed by atoms with Crippen molar-refractivity contribution in [2.45, 2.75) is 38.7 Å². The molecule has 19 heavy (non-hydrogen) atoms. The van der Waals surface area contributed by atoms with E-state index < -0.39 is 26.7 Å². The molecule has 3 nitrogen and oxygen atoms in total. The molecule has 0 radical (unpaired) electrons. The van der Waals surface area contributed by atoms with Crippen LogP contribution in [-0.2, 0) is 13.3 Å². The van der Waals surface area contributed by atoms with Gasteiger partial charge in [0.25, 0.3) is 0 Å². The van der Waals surface area contributed by atoms with E-state index in [4.69, 9.17) is 13.3 Å². The lowest BCUT2D eigenvalue weighted by molar-refractivity contribution is -0.299. The molecule has 0 aromatic rings. The zero-order valence-electron chi connectivity index (χ0n) is 10.7. The topological polar surface area (TPSA) is 27.7 Å². The number of rotatable bonds is 8. The number of hydrogen-bond donors (Lipinski definition) is 0. The molecular formula is C9H16F6O3Si. The van der Waals surface area contributed by atoms with E-state index in [1.807, 2.05) is 0 Å². The van der Waals surface area contributed by atoms with Crippen molar-refractivity contribution < 1.29 is 39.6 Å². The van der Waals surface area contributed by atoms with Gasteiger partial charge in [-0.05, 0) is 20.8 Å². The van der Waals surface area contributed by atoms with Gasteiger partial charge in [-0.2, -0.15) is 22.0 Å². The van der Waals surface area contributed by atoms with Crippen molar-refractivity contribution >= 4 is 8.80 Å². The molecule has 0 rings (SSSR count). The molecule has 1 atom stereocenters. The molecule has 0 bridgehead atoms. The second-order valence-corrected chi connectivity index (χ2v) is 5.97. The number of hydrogen-bond acceptors (Lipinski definition) is 3. The first-order valence-corrected chi connectivity index (χ1v) is 7.39. The molecule has 0 spiro atoms. The number of alkyl halides is 6. The summed E-state index contributed by atoms with van der Waals surface area (Å²) in [5, 5.41) is 0. The zero-order valence-corrected chi connectivity index (χ0v) is 11.7. The highest BCUT2D eigenvalue weighted by molar-refractivity contribution is 6.62. The van der Waals surface area contributed by atoms with Crippen molar-refractivity contribution in [1.29, 1.82) is 0 Å². The minimum Gasteiger partial charge on any atom is -0.372 e. The maximum Gasteiger partial charge on any atom is 0.543 e. The van der Waals surface area contributed by atoms with Gasteiger partial charge < -0.3 is 13.3 Å². The molecule has 0 saturated heterocycles. The molecule has 0 N–H and O–H groups in total. The monoisotopic (exact) mass is 314 g/mol. The van der Waals surface area contributed by atoms with Gasteiger partial charge in [-0.1, -0.05) is 0 Å². The second-order valence-electron chi connectivity index (χ2n) is 3.39. The van der Waals surface area contributed by atoms with E-state index in [1.54, 1.807) is 0 Å². The fourth-order valence-corrected chi connectivity index (χ4v) is 3.82. The molecule has 0 fully saturated rings. The van der Waals surface area contributed by atoms with E-state index >= 15 is 0 Å². The average Bonchev–Trinajstić information content (AvgIpc) is 2.27. The Balaban J connectivity index is 5.45.